The SMILES string of the molecule is Cc1cccn2c(CC(=O)N3CCCN(c4nccs4)CC3)cnc12. The summed E-state index contributed by atoms with van der Waals surface area (Å²) in [4.78, 5) is 25.9. The van der Waals surface area contributed by atoms with Crippen molar-refractivity contribution in [2.75, 3.05) is 31.1 Å². The van der Waals surface area contributed by atoms with E-state index in [2.05, 4.69) is 14.9 Å². The van der Waals surface area contributed by atoms with Gasteiger partial charge in [-0.05, 0) is 25.0 Å². The molecule has 0 aromatic carbocycles. The van der Waals surface area contributed by atoms with E-state index in [1.165, 1.54) is 0 Å². The summed E-state index contributed by atoms with van der Waals surface area (Å²) in [6, 6.07) is 4.03. The third kappa shape index (κ3) is 3.24. The molecule has 6 nitrogen and oxygen atoms in total. The minimum Gasteiger partial charge on any atom is -0.346 e. The molecule has 3 aromatic heterocycles. The molecule has 1 fully saturated rings. The first-order valence-electron chi connectivity index (χ1n) is 8.56. The molecule has 1 aliphatic rings. The lowest BCUT2D eigenvalue weighted by atomic mass is 10.2. The van der Waals surface area contributed by atoms with Gasteiger partial charge in [0.15, 0.2) is 5.13 Å². The predicted octanol–water partition coefficient (Wildman–Crippen LogP) is 2.38. The number of carbonyl (C=O) groups is 1. The van der Waals surface area contributed by atoms with E-state index >= 15 is 0 Å². The third-order valence-corrected chi connectivity index (χ3v) is 5.51. The van der Waals surface area contributed by atoms with Crippen LogP contribution in [-0.4, -0.2) is 51.4 Å². The van der Waals surface area contributed by atoms with Crippen molar-refractivity contribution in [1.29, 1.82) is 0 Å². The summed E-state index contributed by atoms with van der Waals surface area (Å²) in [5, 5.41) is 3.04. The maximum Gasteiger partial charge on any atom is 0.228 e. The number of amides is 1. The highest BCUT2D eigenvalue weighted by Crippen LogP contribution is 2.19. The second-order valence-electron chi connectivity index (χ2n) is 6.35. The summed E-state index contributed by atoms with van der Waals surface area (Å²) in [5.41, 5.74) is 3.00. The summed E-state index contributed by atoms with van der Waals surface area (Å²) in [6.45, 7) is 5.37. The Labute approximate surface area is 150 Å². The number of rotatable bonds is 3. The van der Waals surface area contributed by atoms with Gasteiger partial charge in [-0.1, -0.05) is 6.07 Å². The van der Waals surface area contributed by atoms with E-state index in [-0.39, 0.29) is 5.91 Å². The Kier molecular flexibility index (Phi) is 4.40. The molecule has 0 saturated carbocycles. The number of hydrogen-bond donors (Lipinski definition) is 0. The van der Waals surface area contributed by atoms with E-state index in [1.807, 2.05) is 52.3 Å². The van der Waals surface area contributed by atoms with Gasteiger partial charge in [-0.25, -0.2) is 9.97 Å². The van der Waals surface area contributed by atoms with Crippen LogP contribution in [0.5, 0.6) is 0 Å². The summed E-state index contributed by atoms with van der Waals surface area (Å²) < 4.78 is 2.02. The van der Waals surface area contributed by atoms with Crippen LogP contribution in [0, 0.1) is 6.92 Å². The molecule has 1 amide bonds. The van der Waals surface area contributed by atoms with Gasteiger partial charge in [0, 0.05) is 50.1 Å². The quantitative estimate of drug-likeness (QED) is 0.724. The Hall–Kier alpha value is -2.41. The van der Waals surface area contributed by atoms with E-state index in [0.29, 0.717) is 6.42 Å². The van der Waals surface area contributed by atoms with Crippen LogP contribution in [0.3, 0.4) is 0 Å². The normalized spacial score (nSPS) is 15.6. The number of imidazole rings is 1. The van der Waals surface area contributed by atoms with Gasteiger partial charge in [0.1, 0.15) is 5.65 Å². The van der Waals surface area contributed by atoms with Crippen molar-refractivity contribution in [2.45, 2.75) is 19.8 Å². The lowest BCUT2D eigenvalue weighted by Crippen LogP contribution is -2.36. The van der Waals surface area contributed by atoms with Crippen molar-refractivity contribution in [3.8, 4) is 0 Å². The zero-order valence-corrected chi connectivity index (χ0v) is 15.1. The van der Waals surface area contributed by atoms with Gasteiger partial charge in [-0.15, -0.1) is 11.3 Å². The van der Waals surface area contributed by atoms with E-state index in [1.54, 1.807) is 11.3 Å². The van der Waals surface area contributed by atoms with Crippen LogP contribution in [0.2, 0.25) is 0 Å². The summed E-state index contributed by atoms with van der Waals surface area (Å²) >= 11 is 1.65. The fourth-order valence-electron chi connectivity index (χ4n) is 3.33. The molecule has 4 rings (SSSR count). The molecule has 0 aliphatic carbocycles. The minimum absolute atomic E-state index is 0.171. The van der Waals surface area contributed by atoms with Crippen molar-refractivity contribution < 1.29 is 4.79 Å². The second kappa shape index (κ2) is 6.84. The molecular weight excluding hydrogens is 334 g/mol. The molecular formula is C18H21N5OS. The number of fused-ring (bicyclic) bond motifs is 1. The maximum atomic E-state index is 12.8. The van der Waals surface area contributed by atoms with Crippen LogP contribution in [-0.2, 0) is 11.2 Å². The van der Waals surface area contributed by atoms with Crippen LogP contribution in [0.25, 0.3) is 5.65 Å². The fraction of sp³-hybridized carbons (Fsp3) is 0.389. The lowest BCUT2D eigenvalue weighted by molar-refractivity contribution is -0.130. The Bertz CT molecular complexity index is 873. The van der Waals surface area contributed by atoms with Gasteiger partial charge in [-0.3, -0.25) is 4.79 Å². The summed E-state index contributed by atoms with van der Waals surface area (Å²) in [7, 11) is 0. The van der Waals surface area contributed by atoms with Crippen LogP contribution in [0.15, 0.2) is 36.1 Å². The molecule has 0 spiro atoms. The molecule has 1 aliphatic heterocycles. The fourth-order valence-corrected chi connectivity index (χ4v) is 4.03. The van der Waals surface area contributed by atoms with E-state index in [4.69, 9.17) is 0 Å². The molecule has 25 heavy (non-hydrogen) atoms. The molecule has 0 radical (unpaired) electrons. The highest BCUT2D eigenvalue weighted by Gasteiger charge is 2.21. The number of thiazole rings is 1. The lowest BCUT2D eigenvalue weighted by Gasteiger charge is -2.21. The number of aromatic nitrogens is 3. The standard InChI is InChI=1S/C18H21N5OS/c1-14-4-2-8-23-15(13-20-17(14)23)12-16(24)21-6-3-7-22(10-9-21)18-19-5-11-25-18/h2,4-5,8,11,13H,3,6-7,9-10,12H2,1H3. The highest BCUT2D eigenvalue weighted by molar-refractivity contribution is 7.13. The number of hydrogen-bond acceptors (Lipinski definition) is 5. The van der Waals surface area contributed by atoms with Gasteiger partial charge in [-0.2, -0.15) is 0 Å². The number of anilines is 1. The van der Waals surface area contributed by atoms with Crippen molar-refractivity contribution in [3.63, 3.8) is 0 Å². The zero-order valence-electron chi connectivity index (χ0n) is 14.3. The third-order valence-electron chi connectivity index (χ3n) is 4.68. The Morgan fingerprint density at radius 1 is 1.24 bits per heavy atom. The molecule has 130 valence electrons. The Balaban J connectivity index is 1.45. The van der Waals surface area contributed by atoms with Crippen molar-refractivity contribution >= 4 is 28.0 Å². The first-order chi connectivity index (χ1) is 12.2. The summed E-state index contributed by atoms with van der Waals surface area (Å²) in [6.07, 6.45) is 6.99. The Morgan fingerprint density at radius 3 is 3.00 bits per heavy atom. The van der Waals surface area contributed by atoms with Gasteiger partial charge in [0.05, 0.1) is 12.1 Å². The van der Waals surface area contributed by atoms with Crippen molar-refractivity contribution in [3.05, 3.63) is 47.4 Å². The monoisotopic (exact) mass is 355 g/mol. The van der Waals surface area contributed by atoms with Crippen molar-refractivity contribution in [2.24, 2.45) is 0 Å². The van der Waals surface area contributed by atoms with Gasteiger partial charge < -0.3 is 14.2 Å². The van der Waals surface area contributed by atoms with Gasteiger partial charge in [0.2, 0.25) is 5.91 Å². The van der Waals surface area contributed by atoms with E-state index in [0.717, 1.165) is 54.6 Å². The van der Waals surface area contributed by atoms with Gasteiger partial charge in [0.25, 0.3) is 0 Å². The molecule has 0 atom stereocenters. The molecule has 3 aromatic rings. The highest BCUT2D eigenvalue weighted by atomic mass is 32.1. The first-order valence-corrected chi connectivity index (χ1v) is 9.44. The first kappa shape index (κ1) is 16.1. The molecule has 0 bridgehead atoms. The van der Waals surface area contributed by atoms with E-state index in [9.17, 15) is 4.79 Å². The number of pyridine rings is 1. The average molecular weight is 355 g/mol. The summed E-state index contributed by atoms with van der Waals surface area (Å²) in [5.74, 6) is 0.171. The second-order valence-corrected chi connectivity index (χ2v) is 7.22. The van der Waals surface area contributed by atoms with Crippen LogP contribution in [0.4, 0.5) is 5.13 Å². The van der Waals surface area contributed by atoms with Crippen LogP contribution >= 0.6 is 11.3 Å². The molecule has 4 heterocycles. The molecule has 7 heteroatoms. The molecule has 1 saturated heterocycles. The molecule has 0 unspecified atom stereocenters. The average Bonchev–Trinajstić information content (AvgIpc) is 3.21. The zero-order chi connectivity index (χ0) is 17.2. The van der Waals surface area contributed by atoms with Crippen LogP contribution < -0.4 is 4.90 Å². The van der Waals surface area contributed by atoms with Crippen molar-refractivity contribution in [1.82, 2.24) is 19.3 Å². The predicted molar refractivity (Wildman–Crippen MR) is 99.2 cm³/mol. The topological polar surface area (TPSA) is 53.7 Å². The number of carbonyl (C=O) groups excluding carboxylic acids is 1. The number of nitrogens with zero attached hydrogens (tertiary/aromatic N) is 5. The van der Waals surface area contributed by atoms with E-state index < -0.39 is 0 Å². The smallest absolute Gasteiger partial charge is 0.228 e. The Morgan fingerprint density at radius 2 is 2.16 bits per heavy atom. The number of aryl methyl sites for hydroxylation is 1. The van der Waals surface area contributed by atoms with Gasteiger partial charge >= 0.3 is 0 Å². The largest absolute Gasteiger partial charge is 0.346 e. The maximum absolute atomic E-state index is 12.8. The molecule has 0 N–H and O–H groups in total. The minimum atomic E-state index is 0.171. The van der Waals surface area contributed by atoms with Crippen LogP contribution in [0.1, 0.15) is 17.7 Å².